The number of nitrogens with one attached hydrogen (secondary N) is 1. The number of allylic oxidation sites excluding steroid dienone is 2. The minimum absolute atomic E-state index is 0.117. The zero-order valence-corrected chi connectivity index (χ0v) is 10.9. The molecule has 1 N–H and O–H groups in total. The van der Waals surface area contributed by atoms with E-state index in [2.05, 4.69) is 11.1 Å². The third-order valence-corrected chi connectivity index (χ3v) is 3.18. The van der Waals surface area contributed by atoms with Gasteiger partial charge in [0.05, 0.1) is 16.1 Å². The number of aromatic amines is 1. The summed E-state index contributed by atoms with van der Waals surface area (Å²) in [7, 11) is 0. The smallest absolute Gasteiger partial charge is 0.178 e. The van der Waals surface area contributed by atoms with Crippen LogP contribution in [-0.2, 0) is 6.54 Å². The van der Waals surface area contributed by atoms with E-state index in [4.69, 9.17) is 23.8 Å². The van der Waals surface area contributed by atoms with Crippen LogP contribution in [0.2, 0.25) is 5.02 Å². The van der Waals surface area contributed by atoms with Crippen LogP contribution >= 0.6 is 23.8 Å². The van der Waals surface area contributed by atoms with Crippen LogP contribution in [0.25, 0.3) is 11.0 Å². The zero-order valence-electron chi connectivity index (χ0n) is 9.34. The molecule has 17 heavy (non-hydrogen) atoms. The molecule has 5 heteroatoms. The highest BCUT2D eigenvalue weighted by atomic mass is 35.5. The van der Waals surface area contributed by atoms with Crippen molar-refractivity contribution in [3.63, 3.8) is 0 Å². The highest BCUT2D eigenvalue weighted by molar-refractivity contribution is 7.71. The Morgan fingerprint density at radius 3 is 3.00 bits per heavy atom. The number of H-pyrrole nitrogens is 1. The highest BCUT2D eigenvalue weighted by Crippen LogP contribution is 2.23. The number of aryl methyl sites for hydroxylation is 1. The molecule has 90 valence electrons. The SMILES string of the molecule is C/C=C/CCn1c(=S)[nH]c2cc(F)c(Cl)cc21. The summed E-state index contributed by atoms with van der Waals surface area (Å²) in [6.07, 6.45) is 4.93. The lowest BCUT2D eigenvalue weighted by molar-refractivity contribution is 0.629. The van der Waals surface area contributed by atoms with Crippen molar-refractivity contribution in [3.8, 4) is 0 Å². The molecule has 0 saturated heterocycles. The summed E-state index contributed by atoms with van der Waals surface area (Å²) in [6, 6.07) is 2.98. The monoisotopic (exact) mass is 270 g/mol. The largest absolute Gasteiger partial charge is 0.330 e. The molecule has 0 aliphatic carbocycles. The average Bonchev–Trinajstić information content (AvgIpc) is 2.57. The average molecular weight is 271 g/mol. The molecule has 0 amide bonds. The maximum atomic E-state index is 13.3. The van der Waals surface area contributed by atoms with Gasteiger partial charge in [-0.2, -0.15) is 0 Å². The summed E-state index contributed by atoms with van der Waals surface area (Å²) < 4.78 is 15.8. The highest BCUT2D eigenvalue weighted by Gasteiger charge is 2.08. The van der Waals surface area contributed by atoms with Crippen LogP contribution in [0.1, 0.15) is 13.3 Å². The van der Waals surface area contributed by atoms with Gasteiger partial charge in [-0.15, -0.1) is 0 Å². The number of imidazole rings is 1. The van der Waals surface area contributed by atoms with Gasteiger partial charge < -0.3 is 9.55 Å². The van der Waals surface area contributed by atoms with E-state index in [1.165, 1.54) is 6.07 Å². The minimum atomic E-state index is -0.434. The molecule has 0 fully saturated rings. The molecular weight excluding hydrogens is 259 g/mol. The molecule has 0 unspecified atom stereocenters. The quantitative estimate of drug-likeness (QED) is 0.645. The fraction of sp³-hybridized carbons (Fsp3) is 0.250. The van der Waals surface area contributed by atoms with Crippen molar-refractivity contribution >= 4 is 34.9 Å². The van der Waals surface area contributed by atoms with E-state index in [1.54, 1.807) is 6.07 Å². The second-order valence-electron chi connectivity index (χ2n) is 3.72. The minimum Gasteiger partial charge on any atom is -0.330 e. The van der Waals surface area contributed by atoms with E-state index in [0.29, 0.717) is 10.3 Å². The Hall–Kier alpha value is -1.13. The number of halogens is 2. The Morgan fingerprint density at radius 2 is 2.29 bits per heavy atom. The van der Waals surface area contributed by atoms with E-state index >= 15 is 0 Å². The fourth-order valence-corrected chi connectivity index (χ4v) is 2.20. The first-order chi connectivity index (χ1) is 8.13. The molecule has 0 aliphatic heterocycles. The zero-order chi connectivity index (χ0) is 12.4. The van der Waals surface area contributed by atoms with Crippen molar-refractivity contribution in [2.75, 3.05) is 0 Å². The van der Waals surface area contributed by atoms with Gasteiger partial charge in [-0.05, 0) is 31.6 Å². The number of nitrogens with zero attached hydrogens (tertiary/aromatic N) is 1. The van der Waals surface area contributed by atoms with Crippen molar-refractivity contribution in [2.45, 2.75) is 19.9 Å². The topological polar surface area (TPSA) is 20.7 Å². The molecule has 2 nitrogen and oxygen atoms in total. The number of hydrogen-bond acceptors (Lipinski definition) is 1. The maximum absolute atomic E-state index is 13.3. The van der Waals surface area contributed by atoms with Crippen LogP contribution < -0.4 is 0 Å². The van der Waals surface area contributed by atoms with Crippen molar-refractivity contribution in [3.05, 3.63) is 39.9 Å². The number of hydrogen-bond donors (Lipinski definition) is 1. The Bertz CT molecular complexity index is 627. The predicted octanol–water partition coefficient (Wildman–Crippen LogP) is 4.46. The van der Waals surface area contributed by atoms with Gasteiger partial charge in [0, 0.05) is 12.6 Å². The Morgan fingerprint density at radius 1 is 1.53 bits per heavy atom. The van der Waals surface area contributed by atoms with Gasteiger partial charge in [0.25, 0.3) is 0 Å². The summed E-state index contributed by atoms with van der Waals surface area (Å²) in [4.78, 5) is 2.98. The fourth-order valence-electron chi connectivity index (χ4n) is 1.74. The Labute approximate surface area is 109 Å². The normalized spacial score (nSPS) is 11.7. The van der Waals surface area contributed by atoms with E-state index in [1.807, 2.05) is 17.6 Å². The molecule has 1 aromatic heterocycles. The summed E-state index contributed by atoms with van der Waals surface area (Å²) in [5.41, 5.74) is 1.52. The van der Waals surface area contributed by atoms with E-state index in [-0.39, 0.29) is 5.02 Å². The van der Waals surface area contributed by atoms with Gasteiger partial charge in [0.2, 0.25) is 0 Å². The van der Waals surface area contributed by atoms with Crippen molar-refractivity contribution < 1.29 is 4.39 Å². The molecular formula is C12H12ClFN2S. The molecule has 0 saturated carbocycles. The van der Waals surface area contributed by atoms with Crippen LogP contribution in [-0.4, -0.2) is 9.55 Å². The predicted molar refractivity (Wildman–Crippen MR) is 71.5 cm³/mol. The molecule has 0 radical (unpaired) electrons. The second-order valence-corrected chi connectivity index (χ2v) is 4.52. The molecule has 2 aromatic rings. The number of rotatable bonds is 3. The maximum Gasteiger partial charge on any atom is 0.178 e. The van der Waals surface area contributed by atoms with Crippen LogP contribution in [0.4, 0.5) is 4.39 Å². The molecule has 2 rings (SSSR count). The third kappa shape index (κ3) is 2.42. The molecule has 0 bridgehead atoms. The van der Waals surface area contributed by atoms with Gasteiger partial charge in [0.1, 0.15) is 5.82 Å². The summed E-state index contributed by atoms with van der Waals surface area (Å²) in [6.45, 7) is 2.73. The van der Waals surface area contributed by atoms with E-state index in [9.17, 15) is 4.39 Å². The van der Waals surface area contributed by atoms with E-state index in [0.717, 1.165) is 18.5 Å². The van der Waals surface area contributed by atoms with Gasteiger partial charge in [-0.25, -0.2) is 4.39 Å². The first-order valence-corrected chi connectivity index (χ1v) is 6.11. The molecule has 1 aromatic carbocycles. The van der Waals surface area contributed by atoms with Crippen molar-refractivity contribution in [1.82, 2.24) is 9.55 Å². The lowest BCUT2D eigenvalue weighted by Gasteiger charge is -2.02. The van der Waals surface area contributed by atoms with Crippen molar-refractivity contribution in [1.29, 1.82) is 0 Å². The van der Waals surface area contributed by atoms with Crippen LogP contribution in [0.15, 0.2) is 24.3 Å². The van der Waals surface area contributed by atoms with Crippen LogP contribution in [0.5, 0.6) is 0 Å². The van der Waals surface area contributed by atoms with Gasteiger partial charge in [-0.3, -0.25) is 0 Å². The van der Waals surface area contributed by atoms with E-state index < -0.39 is 5.82 Å². The first kappa shape index (κ1) is 12.3. The summed E-state index contributed by atoms with van der Waals surface area (Å²) in [5.74, 6) is -0.434. The number of fused-ring (bicyclic) bond motifs is 1. The Balaban J connectivity index is 2.51. The lowest BCUT2D eigenvalue weighted by atomic mass is 10.3. The van der Waals surface area contributed by atoms with Crippen LogP contribution in [0.3, 0.4) is 0 Å². The molecule has 0 spiro atoms. The van der Waals surface area contributed by atoms with Crippen LogP contribution in [0, 0.1) is 10.6 Å². The van der Waals surface area contributed by atoms with Crippen molar-refractivity contribution in [2.24, 2.45) is 0 Å². The van der Waals surface area contributed by atoms with Gasteiger partial charge in [-0.1, -0.05) is 23.8 Å². The Kier molecular flexibility index (Phi) is 3.64. The molecule has 0 atom stereocenters. The summed E-state index contributed by atoms with van der Waals surface area (Å²) in [5, 5.41) is 0.117. The molecule has 1 heterocycles. The first-order valence-electron chi connectivity index (χ1n) is 5.32. The number of benzene rings is 1. The molecule has 0 aliphatic rings. The summed E-state index contributed by atoms with van der Waals surface area (Å²) >= 11 is 11.0. The third-order valence-electron chi connectivity index (χ3n) is 2.57. The standard InChI is InChI=1S/C12H12ClFN2S/c1-2-3-4-5-16-11-6-8(13)9(14)7-10(11)15-12(16)17/h2-3,6-7H,4-5H2,1H3,(H,15,17)/b3-2+. The number of aromatic nitrogens is 2. The van der Waals surface area contributed by atoms with Gasteiger partial charge >= 0.3 is 0 Å². The van der Waals surface area contributed by atoms with Gasteiger partial charge in [0.15, 0.2) is 4.77 Å². The second kappa shape index (κ2) is 5.02. The lowest BCUT2D eigenvalue weighted by Crippen LogP contribution is -1.96.